The molecular weight excluding hydrogens is 1820 g/mol. The van der Waals surface area contributed by atoms with Gasteiger partial charge in [0.2, 0.25) is 39.6 Å². The minimum Gasteiger partial charge on any atom is -0.481 e. The zero-order valence-corrected chi connectivity index (χ0v) is 85.1. The van der Waals surface area contributed by atoms with E-state index in [0.717, 1.165) is 31.1 Å². The monoisotopic (exact) mass is 1970 g/mol. The molecule has 2 aromatic rings. The predicted octanol–water partition coefficient (Wildman–Crippen LogP) is 6.95. The molecule has 0 bridgehead atoms. The number of amides is 2. The Hall–Kier alpha value is -8.74. The number of unbranched alkanes of at least 4 members (excludes halogenated alkanes) is 1. The molecule has 0 aliphatic rings. The van der Waals surface area contributed by atoms with Crippen molar-refractivity contribution >= 4 is 119 Å². The highest BCUT2D eigenvalue weighted by Gasteiger charge is 2.33. The molecule has 2 amide bonds. The van der Waals surface area contributed by atoms with Gasteiger partial charge < -0.3 is 121 Å². The number of phosphoric ester groups is 1. The van der Waals surface area contributed by atoms with E-state index in [0.29, 0.717) is 42.8 Å². The van der Waals surface area contributed by atoms with E-state index in [-0.39, 0.29) is 146 Å². The molecule has 6 atom stereocenters. The van der Waals surface area contributed by atoms with Crippen molar-refractivity contribution in [1.29, 1.82) is 0 Å². The van der Waals surface area contributed by atoms with Crippen LogP contribution in [0.3, 0.4) is 0 Å². The van der Waals surface area contributed by atoms with Crippen LogP contribution < -0.4 is 43.8 Å². The number of carbonyl (C=O) groups excluding carboxylic acids is 13. The topological polar surface area (TPSA) is 735 Å². The Morgan fingerprint density at radius 2 is 0.932 bits per heavy atom. The number of aromatic amines is 1. The minimum absolute atomic E-state index is 0.00157. The van der Waals surface area contributed by atoms with E-state index in [4.69, 9.17) is 67.7 Å². The van der Waals surface area contributed by atoms with Gasteiger partial charge in [-0.1, -0.05) is 185 Å². The van der Waals surface area contributed by atoms with Crippen LogP contribution in [0.15, 0.2) is 48.9 Å². The number of ketones is 4. The van der Waals surface area contributed by atoms with Crippen molar-refractivity contribution < 1.29 is 167 Å². The Bertz CT molecular complexity index is 3920. The van der Waals surface area contributed by atoms with Gasteiger partial charge in [0.05, 0.1) is 86.3 Å². The summed E-state index contributed by atoms with van der Waals surface area (Å²) in [6.07, 6.45) is 6.63. The van der Waals surface area contributed by atoms with Gasteiger partial charge in [-0.2, -0.15) is 0 Å². The average Bonchev–Trinajstić information content (AvgIpc) is 1.36. The number of H-pyrrole nitrogens is 1. The first-order chi connectivity index (χ1) is 60.3. The third-order valence-electron chi connectivity index (χ3n) is 15.7. The van der Waals surface area contributed by atoms with E-state index in [1.54, 1.807) is 135 Å². The van der Waals surface area contributed by atoms with Gasteiger partial charge >= 0.3 is 76.7 Å². The molecule has 0 spiro atoms. The summed E-state index contributed by atoms with van der Waals surface area (Å²) in [6.45, 7) is 42.4. The molecule has 0 aliphatic heterocycles. The second-order valence-electron chi connectivity index (χ2n) is 32.6. The van der Waals surface area contributed by atoms with Crippen molar-refractivity contribution in [3.63, 3.8) is 0 Å². The number of ether oxygens (including phenoxy) is 6. The van der Waals surface area contributed by atoms with Crippen molar-refractivity contribution in [2.75, 3.05) is 86.6 Å². The number of carboxylic acid groups (broad SMARTS) is 2. The summed E-state index contributed by atoms with van der Waals surface area (Å²) < 4.78 is 84.8. The van der Waals surface area contributed by atoms with Crippen molar-refractivity contribution in [3.05, 3.63) is 60.2 Å². The molecule has 2 rings (SSSR count). The second-order valence-corrected chi connectivity index (χ2v) is 40.9. The molecule has 1 aromatic carbocycles. The predicted molar refractivity (Wildman–Crippen MR) is 492 cm³/mol. The highest BCUT2D eigenvalue weighted by molar-refractivity contribution is 7.58. The highest BCUT2D eigenvalue weighted by Crippen LogP contribution is 2.49. The Morgan fingerprint density at radius 1 is 0.508 bits per heavy atom. The van der Waals surface area contributed by atoms with Crippen LogP contribution in [0.2, 0.25) is 0 Å². The maximum atomic E-state index is 11.8. The average molecular weight is 1980 g/mol. The maximum absolute atomic E-state index is 11.8. The van der Waals surface area contributed by atoms with Gasteiger partial charge in [0.25, 0.3) is 0 Å². The van der Waals surface area contributed by atoms with Crippen molar-refractivity contribution in [3.8, 4) is 5.75 Å². The van der Waals surface area contributed by atoms with Gasteiger partial charge in [-0.05, 0) is 57.1 Å². The van der Waals surface area contributed by atoms with Gasteiger partial charge in [0, 0.05) is 72.6 Å². The molecule has 0 saturated carbocycles. The summed E-state index contributed by atoms with van der Waals surface area (Å²) in [4.78, 5) is 216. The van der Waals surface area contributed by atoms with Crippen LogP contribution in [-0.2, 0) is 141 Å². The number of phosphoric acid groups is 1. The van der Waals surface area contributed by atoms with Crippen molar-refractivity contribution in [1.82, 2.24) is 25.5 Å². The Balaban J connectivity index is -0.000000218. The number of hydrogen-bond donors (Lipinski definition) is 15. The fourth-order valence-corrected chi connectivity index (χ4v) is 9.48. The molecule has 0 saturated heterocycles. The summed E-state index contributed by atoms with van der Waals surface area (Å²) in [5, 5.41) is 22.2. The first kappa shape index (κ1) is 139. The number of likely N-dealkylation sites (N-methyl/N-ethyl adjacent to an activating group) is 1. The fourth-order valence-electron chi connectivity index (χ4n) is 6.76. The first-order valence-electron chi connectivity index (χ1n) is 42.0. The second kappa shape index (κ2) is 76.5. The van der Waals surface area contributed by atoms with E-state index in [2.05, 4.69) is 53.3 Å². The number of nitrogens with two attached hydrogens (primary N) is 5. The lowest BCUT2D eigenvalue weighted by atomic mass is 10.1. The molecule has 1 aromatic heterocycles. The lowest BCUT2D eigenvalue weighted by molar-refractivity contribution is -0.171. The molecule has 0 fully saturated rings. The van der Waals surface area contributed by atoms with Crippen LogP contribution in [0, 0.1) is 65.1 Å². The molecule has 3 unspecified atom stereocenters. The molecule has 0 aliphatic carbocycles. The number of benzene rings is 1. The molecule has 0 radical (unpaired) electrons. The van der Waals surface area contributed by atoms with E-state index in [1.807, 2.05) is 60.5 Å². The van der Waals surface area contributed by atoms with Crippen LogP contribution in [0.5, 0.6) is 5.75 Å². The molecule has 766 valence electrons. The number of nitrogens with one attached hydrogen (secondary N) is 3. The van der Waals surface area contributed by atoms with Crippen LogP contribution in [0.1, 0.15) is 197 Å². The zero-order valence-electron chi connectivity index (χ0n) is 81.5. The number of imidazole rings is 1. The van der Waals surface area contributed by atoms with Crippen LogP contribution in [0.4, 0.5) is 0 Å². The number of carbonyl (C=O) groups is 15. The summed E-state index contributed by atoms with van der Waals surface area (Å²) >= 11 is 0. The number of Topliss-reactive ketones (excluding diaryl/α,β-unsaturated/α-hetero) is 4. The molecular formula is C83H154N10O35P4. The van der Waals surface area contributed by atoms with Crippen molar-refractivity contribution in [2.24, 2.45) is 93.8 Å². The third kappa shape index (κ3) is 85.4. The van der Waals surface area contributed by atoms with Crippen LogP contribution in [0.25, 0.3) is 0 Å². The quantitative estimate of drug-likeness (QED) is 0.00796. The van der Waals surface area contributed by atoms with Crippen molar-refractivity contribution in [2.45, 2.75) is 222 Å². The number of esters is 6. The van der Waals surface area contributed by atoms with Gasteiger partial charge in [-0.3, -0.25) is 66.9 Å². The molecule has 132 heavy (non-hydrogen) atoms. The number of carboxylic acids is 2. The highest BCUT2D eigenvalue weighted by atomic mass is 31.2. The minimum atomic E-state index is -4.53. The Kier molecular flexibility index (Phi) is 80.4. The molecule has 49 heteroatoms. The van der Waals surface area contributed by atoms with E-state index in [1.165, 1.54) is 26.4 Å². The van der Waals surface area contributed by atoms with E-state index >= 15 is 0 Å². The van der Waals surface area contributed by atoms with Crippen LogP contribution in [-0.4, -0.2) is 248 Å². The smallest absolute Gasteiger partial charge is 0.472 e. The number of aliphatic carboxylic acids is 2. The first-order valence-corrected chi connectivity index (χ1v) is 49.1. The number of nitrogens with zero attached hydrogens (tertiary/aromatic N) is 2. The maximum Gasteiger partial charge on any atom is 0.472 e. The van der Waals surface area contributed by atoms with Gasteiger partial charge in [-0.15, -0.1) is 0 Å². The molecule has 1 heterocycles. The summed E-state index contributed by atoms with van der Waals surface area (Å²) in [5.41, 5.74) is 27.0. The van der Waals surface area contributed by atoms with Crippen LogP contribution >= 0.6 is 30.4 Å². The molecule has 20 N–H and O–H groups in total. The SMILES string of the molecule is CC(C)C(=O)CN.CC(C)C(=O)CN(C)C.CC(C)C(=O)CNC(=O)CN.CC(C)C(=O)CNC(=O)[C@@H](N)CCCCN.CC(C)C(=O)OCOC(=O)/C=C/C(=O)O.CC(C)C(=O)OCOC(=O)[C@@H](N)C(C)C.CC(C)C(=O)OCOP(=O)(O)O.CC(C)C(=O)OCc1ccc(OP(C)(=O)O)cc1.CC(C)C(=O)OP(=O)(O)C(C)C.CC(C)P(=O)(O)C[C@@H](Cc1cnc[nH]1)C(=O)O. The fraction of sp³-hybridized carbons (Fsp3) is 0.687. The largest absolute Gasteiger partial charge is 0.481 e. The summed E-state index contributed by atoms with van der Waals surface area (Å²) in [6, 6.07) is 5.27. The number of hydrogen-bond acceptors (Lipinski definition) is 35. The normalized spacial score (nSPS) is 12.8. The standard InChI is InChI=1S/C12H17O5P.C11H23N3O2.C10H17N2O4P.C10H19NO4.C9H12O6.C7H14N2O2.C7H15NO.C7H15O4P.C5H11NO.C5H11O6P/c1-9(2)12(13)16-8-10-4-6-11(7-5-10)17-18(3,14)15;1-8(2)10(15)7-14-11(16)9(13)5-3-4-6-12;1-7(2)17(15,16)5-8(10(13)14)3-9-4-11-6-12-9;1-6(2)8(11)10(13)15-5-14-9(12)7(3)4;1-6(2)9(13)15-5-14-8(12)4-3-7(10)11;1-5(2)6(10)4-9-7(11)3-8;1-6(2)7(9)5-8(3)4;1-5(2)7(8)11-12(9,10)6(3)4;1-4(2)5(7)3-6;1-4(2)5(6)10-3-11-12(7,8)9/h4-7,9H,8H2,1-3H3,(H,14,15);8-9H,3-7,12-13H2,1-2H3,(H,14,16);4,6-8H,3,5H2,1-2H3,(H,11,12)(H,13,14)(H,15,16);6-8H,5,11H2,1-4H3;3-4,6H,5H2,1-2H3,(H,10,11);5H,3-4,8H2,1-2H3,(H,9,11);6H,5H2,1-4H3;5-6H,1-4H3,(H,9,10);4H,3,6H2,1-2H3;4H,3H2,1-2H3,(H2,7,8,9)/b;;;;4-3+;;;;;/t;9-;2*8-;;;;;;/m.010....../s1. The number of aromatic nitrogens is 2. The van der Waals surface area contributed by atoms with Gasteiger partial charge in [-0.25, -0.2) is 32.8 Å². The lowest BCUT2D eigenvalue weighted by Crippen LogP contribution is -2.43. The van der Waals surface area contributed by atoms with Gasteiger partial charge in [0.15, 0.2) is 11.6 Å². The van der Waals surface area contributed by atoms with E-state index in [9.17, 15) is 95.1 Å². The van der Waals surface area contributed by atoms with Gasteiger partial charge in [0.1, 0.15) is 30.0 Å². The van der Waals surface area contributed by atoms with E-state index < -0.39 is 121 Å². The summed E-state index contributed by atoms with van der Waals surface area (Å²) in [5.74, 6) is -7.99. The number of rotatable bonds is 45. The Labute approximate surface area is 776 Å². The third-order valence-corrected chi connectivity index (χ3v) is 21.0. The summed E-state index contributed by atoms with van der Waals surface area (Å²) in [7, 11) is -11.4. The Morgan fingerprint density at radius 3 is 1.27 bits per heavy atom. The zero-order chi connectivity index (χ0) is 105. The lowest BCUT2D eigenvalue weighted by Gasteiger charge is -2.19. The molecule has 45 nitrogen and oxygen atoms in total.